The fourth-order valence-corrected chi connectivity index (χ4v) is 4.81. The summed E-state index contributed by atoms with van der Waals surface area (Å²) < 4.78 is 7.08. The number of aliphatic hydroxyl groups excluding tert-OH is 1. The highest BCUT2D eigenvalue weighted by molar-refractivity contribution is 7.16. The van der Waals surface area contributed by atoms with Crippen LogP contribution in [0.4, 0.5) is 0 Å². The Morgan fingerprint density at radius 2 is 2.47 bits per heavy atom. The molecule has 3 heterocycles. The van der Waals surface area contributed by atoms with Gasteiger partial charge in [-0.1, -0.05) is 11.6 Å². The molecule has 2 aliphatic rings. The molecule has 1 aromatic heterocycles. The Labute approximate surface area is 123 Å². The zero-order valence-electron chi connectivity index (χ0n) is 11.2. The van der Waals surface area contributed by atoms with Gasteiger partial charge in [-0.3, -0.25) is 4.90 Å². The molecule has 2 atom stereocenters. The Kier molecular flexibility index (Phi) is 3.89. The molecule has 1 aromatic rings. The van der Waals surface area contributed by atoms with Crippen LogP contribution in [0.25, 0.3) is 0 Å². The first-order valence-corrected chi connectivity index (χ1v) is 8.11. The topological polar surface area (TPSA) is 32.7 Å². The van der Waals surface area contributed by atoms with Crippen molar-refractivity contribution < 1.29 is 9.84 Å². The average Bonchev–Trinajstić information content (AvgIpc) is 2.76. The van der Waals surface area contributed by atoms with E-state index in [0.29, 0.717) is 6.04 Å². The van der Waals surface area contributed by atoms with Crippen LogP contribution in [0.5, 0.6) is 0 Å². The van der Waals surface area contributed by atoms with Crippen molar-refractivity contribution in [3.05, 3.63) is 20.8 Å². The van der Waals surface area contributed by atoms with Gasteiger partial charge in [0.1, 0.15) is 0 Å². The maximum Gasteiger partial charge on any atom is 0.0969 e. The van der Waals surface area contributed by atoms with Crippen LogP contribution in [-0.2, 0) is 16.8 Å². The summed E-state index contributed by atoms with van der Waals surface area (Å²) in [5, 5.41) is 9.11. The van der Waals surface area contributed by atoms with Crippen LogP contribution in [0.15, 0.2) is 6.07 Å². The summed E-state index contributed by atoms with van der Waals surface area (Å²) in [6.07, 6.45) is 2.98. The molecule has 5 heteroatoms. The second-order valence-corrected chi connectivity index (χ2v) is 7.31. The van der Waals surface area contributed by atoms with E-state index < -0.39 is 0 Å². The molecular formula is C14H20ClNO2S. The van der Waals surface area contributed by atoms with E-state index in [1.54, 1.807) is 11.3 Å². The van der Waals surface area contributed by atoms with E-state index in [1.807, 2.05) is 0 Å². The number of ether oxygens (including phenoxy) is 1. The third kappa shape index (κ3) is 2.45. The number of likely N-dealkylation sites (tertiary alicyclic amines) is 1. The van der Waals surface area contributed by atoms with E-state index in [9.17, 15) is 0 Å². The molecule has 0 aromatic carbocycles. The Balaban J connectivity index is 1.86. The normalized spacial score (nSPS) is 31.6. The smallest absolute Gasteiger partial charge is 0.0969 e. The molecule has 3 rings (SSSR count). The van der Waals surface area contributed by atoms with Crippen LogP contribution in [0, 0.1) is 0 Å². The SMILES string of the molecule is C[C@H]1C[C@@]2(CCN1CCO)OCCc1sc(Cl)cc12. The molecule has 0 amide bonds. The highest BCUT2D eigenvalue weighted by atomic mass is 35.5. The maximum atomic E-state index is 9.11. The fourth-order valence-electron chi connectivity index (χ4n) is 3.47. The minimum Gasteiger partial charge on any atom is -0.395 e. The number of hydrogen-bond acceptors (Lipinski definition) is 4. The number of nitrogens with zero attached hydrogens (tertiary/aromatic N) is 1. The second kappa shape index (κ2) is 5.34. The van der Waals surface area contributed by atoms with E-state index in [1.165, 1.54) is 10.4 Å². The highest BCUT2D eigenvalue weighted by Crippen LogP contribution is 2.46. The van der Waals surface area contributed by atoms with Crippen molar-refractivity contribution in [2.45, 2.75) is 37.8 Å². The molecule has 0 aliphatic carbocycles. The van der Waals surface area contributed by atoms with Gasteiger partial charge in [0.2, 0.25) is 0 Å². The lowest BCUT2D eigenvalue weighted by Gasteiger charge is -2.47. The molecule has 0 unspecified atom stereocenters. The highest BCUT2D eigenvalue weighted by Gasteiger charge is 2.44. The van der Waals surface area contributed by atoms with Crippen LogP contribution in [0.3, 0.4) is 0 Å². The summed E-state index contributed by atoms with van der Waals surface area (Å²) >= 11 is 7.89. The quantitative estimate of drug-likeness (QED) is 0.911. The van der Waals surface area contributed by atoms with Gasteiger partial charge in [0, 0.05) is 30.4 Å². The largest absolute Gasteiger partial charge is 0.395 e. The number of thiophene rings is 1. The van der Waals surface area contributed by atoms with Gasteiger partial charge in [-0.25, -0.2) is 0 Å². The molecule has 19 heavy (non-hydrogen) atoms. The summed E-state index contributed by atoms with van der Waals surface area (Å²) in [6, 6.07) is 2.54. The first-order chi connectivity index (χ1) is 9.14. The summed E-state index contributed by atoms with van der Waals surface area (Å²) in [6.45, 7) is 5.00. The molecule has 1 fully saturated rings. The van der Waals surface area contributed by atoms with Crippen molar-refractivity contribution in [2.75, 3.05) is 26.3 Å². The van der Waals surface area contributed by atoms with Crippen molar-refractivity contribution >= 4 is 22.9 Å². The zero-order chi connectivity index (χ0) is 13.5. The molecular weight excluding hydrogens is 282 g/mol. The van der Waals surface area contributed by atoms with Gasteiger partial charge in [-0.2, -0.15) is 0 Å². The monoisotopic (exact) mass is 301 g/mol. The number of halogens is 1. The van der Waals surface area contributed by atoms with Gasteiger partial charge in [-0.05, 0) is 31.4 Å². The molecule has 2 aliphatic heterocycles. The molecule has 3 nitrogen and oxygen atoms in total. The lowest BCUT2D eigenvalue weighted by molar-refractivity contribution is -0.112. The molecule has 0 radical (unpaired) electrons. The molecule has 1 N–H and O–H groups in total. The zero-order valence-corrected chi connectivity index (χ0v) is 12.8. The van der Waals surface area contributed by atoms with Gasteiger partial charge < -0.3 is 9.84 Å². The van der Waals surface area contributed by atoms with Crippen molar-refractivity contribution in [2.24, 2.45) is 0 Å². The van der Waals surface area contributed by atoms with E-state index >= 15 is 0 Å². The number of hydrogen-bond donors (Lipinski definition) is 1. The van der Waals surface area contributed by atoms with E-state index in [4.69, 9.17) is 21.4 Å². The van der Waals surface area contributed by atoms with E-state index in [-0.39, 0.29) is 12.2 Å². The van der Waals surface area contributed by atoms with Crippen LogP contribution < -0.4 is 0 Å². The molecule has 0 saturated carbocycles. The summed E-state index contributed by atoms with van der Waals surface area (Å²) in [5.41, 5.74) is 1.19. The van der Waals surface area contributed by atoms with E-state index in [2.05, 4.69) is 17.9 Å². The summed E-state index contributed by atoms with van der Waals surface area (Å²) in [7, 11) is 0. The Hall–Kier alpha value is -0.130. The molecule has 1 saturated heterocycles. The third-order valence-electron chi connectivity index (χ3n) is 4.42. The molecule has 0 bridgehead atoms. The maximum absolute atomic E-state index is 9.11. The van der Waals surface area contributed by atoms with Gasteiger partial charge in [-0.15, -0.1) is 11.3 Å². The van der Waals surface area contributed by atoms with Crippen LogP contribution >= 0.6 is 22.9 Å². The molecule has 1 spiro atoms. The Morgan fingerprint density at radius 3 is 3.21 bits per heavy atom. The van der Waals surface area contributed by atoms with Crippen molar-refractivity contribution in [1.82, 2.24) is 4.90 Å². The number of β-amino-alcohol motifs (C(OH)–C–C–N with tert-alkyl or cyclic N) is 1. The first-order valence-electron chi connectivity index (χ1n) is 6.92. The van der Waals surface area contributed by atoms with Crippen molar-refractivity contribution in [1.29, 1.82) is 0 Å². The van der Waals surface area contributed by atoms with Gasteiger partial charge in [0.05, 0.1) is 23.2 Å². The predicted molar refractivity (Wildman–Crippen MR) is 78.0 cm³/mol. The van der Waals surface area contributed by atoms with Gasteiger partial charge in [0.15, 0.2) is 0 Å². The van der Waals surface area contributed by atoms with Gasteiger partial charge in [0.25, 0.3) is 0 Å². The minimum atomic E-state index is -0.136. The van der Waals surface area contributed by atoms with Crippen LogP contribution in [0.1, 0.15) is 30.2 Å². The lowest BCUT2D eigenvalue weighted by atomic mass is 9.79. The fraction of sp³-hybridized carbons (Fsp3) is 0.714. The third-order valence-corrected chi connectivity index (χ3v) is 5.74. The van der Waals surface area contributed by atoms with E-state index in [0.717, 1.165) is 43.3 Å². The molecule has 106 valence electrons. The summed E-state index contributed by atoms with van der Waals surface area (Å²) in [5.74, 6) is 0. The number of aliphatic hydroxyl groups is 1. The first kappa shape index (κ1) is 13.8. The summed E-state index contributed by atoms with van der Waals surface area (Å²) in [4.78, 5) is 3.75. The number of rotatable bonds is 2. The predicted octanol–water partition coefficient (Wildman–Crippen LogP) is 2.65. The number of fused-ring (bicyclic) bond motifs is 2. The van der Waals surface area contributed by atoms with Crippen molar-refractivity contribution in [3.63, 3.8) is 0 Å². The standard InChI is InChI=1S/C14H20ClNO2S/c1-10-9-14(3-4-16(10)5-6-17)11-8-13(15)19-12(11)2-7-18-14/h8,10,17H,2-7,9H2,1H3/t10-,14+/m0/s1. The Bertz CT molecular complexity index is 464. The lowest BCUT2D eigenvalue weighted by Crippen LogP contribution is -2.51. The average molecular weight is 302 g/mol. The Morgan fingerprint density at radius 1 is 1.63 bits per heavy atom. The second-order valence-electron chi connectivity index (χ2n) is 5.54. The van der Waals surface area contributed by atoms with Crippen LogP contribution in [-0.4, -0.2) is 42.4 Å². The van der Waals surface area contributed by atoms with Gasteiger partial charge >= 0.3 is 0 Å². The van der Waals surface area contributed by atoms with Crippen LogP contribution in [0.2, 0.25) is 4.34 Å². The number of piperidine rings is 1. The van der Waals surface area contributed by atoms with Crippen molar-refractivity contribution in [3.8, 4) is 0 Å². The minimum absolute atomic E-state index is 0.136.